The van der Waals surface area contributed by atoms with Gasteiger partial charge >= 0.3 is 0 Å². The van der Waals surface area contributed by atoms with E-state index in [0.29, 0.717) is 12.5 Å². The molecule has 0 amide bonds. The van der Waals surface area contributed by atoms with E-state index < -0.39 is 0 Å². The molecule has 80 valence electrons. The highest BCUT2D eigenvalue weighted by molar-refractivity contribution is 5.04. The standard InChI is InChI=1S/C11H15N3O/c1-10-3-2-6-14(10)7-8-15-11-4-5-12-9-13-11/h4-5,9H,1-3,6-8H2. The van der Waals surface area contributed by atoms with E-state index >= 15 is 0 Å². The van der Waals surface area contributed by atoms with E-state index in [4.69, 9.17) is 4.74 Å². The minimum absolute atomic E-state index is 0.634. The van der Waals surface area contributed by atoms with Gasteiger partial charge in [0, 0.05) is 24.5 Å². The normalized spacial score (nSPS) is 15.7. The highest BCUT2D eigenvalue weighted by Gasteiger charge is 2.13. The van der Waals surface area contributed by atoms with Crippen LogP contribution >= 0.6 is 0 Å². The SMILES string of the molecule is C=C1CCCN1CCOc1ccncn1. The molecule has 0 aromatic carbocycles. The molecule has 1 aromatic rings. The monoisotopic (exact) mass is 205 g/mol. The third-order valence-corrected chi connectivity index (χ3v) is 2.51. The highest BCUT2D eigenvalue weighted by Crippen LogP contribution is 2.17. The Bertz CT molecular complexity index is 326. The lowest BCUT2D eigenvalue weighted by molar-refractivity contribution is 0.250. The second-order valence-electron chi connectivity index (χ2n) is 3.55. The van der Waals surface area contributed by atoms with Crippen molar-refractivity contribution in [3.8, 4) is 5.88 Å². The van der Waals surface area contributed by atoms with Crippen LogP contribution in [0.2, 0.25) is 0 Å². The van der Waals surface area contributed by atoms with Crippen molar-refractivity contribution in [3.63, 3.8) is 0 Å². The number of nitrogens with zero attached hydrogens (tertiary/aromatic N) is 3. The Labute approximate surface area is 89.6 Å². The van der Waals surface area contributed by atoms with Gasteiger partial charge in [0.15, 0.2) is 0 Å². The summed E-state index contributed by atoms with van der Waals surface area (Å²) in [6.07, 6.45) is 5.50. The van der Waals surface area contributed by atoms with Crippen molar-refractivity contribution in [2.24, 2.45) is 0 Å². The van der Waals surface area contributed by atoms with Gasteiger partial charge in [-0.15, -0.1) is 0 Å². The minimum Gasteiger partial charge on any atom is -0.476 e. The van der Waals surface area contributed by atoms with Gasteiger partial charge < -0.3 is 9.64 Å². The number of ether oxygens (including phenoxy) is 1. The molecule has 0 unspecified atom stereocenters. The van der Waals surface area contributed by atoms with Gasteiger partial charge in [0.1, 0.15) is 12.9 Å². The number of allylic oxidation sites excluding steroid dienone is 1. The molecule has 1 aliphatic heterocycles. The summed E-state index contributed by atoms with van der Waals surface area (Å²) in [5, 5.41) is 0. The van der Waals surface area contributed by atoms with Crippen LogP contribution in [0.5, 0.6) is 5.88 Å². The topological polar surface area (TPSA) is 38.2 Å². The molecule has 0 N–H and O–H groups in total. The average molecular weight is 205 g/mol. The van der Waals surface area contributed by atoms with Crippen LogP contribution in [0.15, 0.2) is 30.9 Å². The number of rotatable bonds is 4. The van der Waals surface area contributed by atoms with Crippen LogP contribution in [0.1, 0.15) is 12.8 Å². The van der Waals surface area contributed by atoms with E-state index in [1.165, 1.54) is 18.4 Å². The van der Waals surface area contributed by atoms with Gasteiger partial charge in [0.05, 0.1) is 6.54 Å². The molecule has 0 atom stereocenters. The molecule has 1 aliphatic rings. The van der Waals surface area contributed by atoms with Gasteiger partial charge in [-0.1, -0.05) is 6.58 Å². The molecule has 2 heterocycles. The first-order valence-electron chi connectivity index (χ1n) is 5.18. The first kappa shape index (κ1) is 9.96. The summed E-state index contributed by atoms with van der Waals surface area (Å²) in [7, 11) is 0. The molecule has 0 bridgehead atoms. The number of aromatic nitrogens is 2. The lowest BCUT2D eigenvalue weighted by atomic mass is 10.3. The third-order valence-electron chi connectivity index (χ3n) is 2.51. The number of likely N-dealkylation sites (tertiary alicyclic amines) is 1. The maximum Gasteiger partial charge on any atom is 0.216 e. The van der Waals surface area contributed by atoms with E-state index in [1.54, 1.807) is 12.3 Å². The summed E-state index contributed by atoms with van der Waals surface area (Å²) < 4.78 is 5.48. The van der Waals surface area contributed by atoms with Crippen LogP contribution in [0.4, 0.5) is 0 Å². The molecule has 1 aromatic heterocycles. The fraction of sp³-hybridized carbons (Fsp3) is 0.455. The third kappa shape index (κ3) is 2.68. The lowest BCUT2D eigenvalue weighted by Gasteiger charge is -2.18. The maximum atomic E-state index is 5.48. The van der Waals surface area contributed by atoms with Crippen LogP contribution in [0, 0.1) is 0 Å². The molecule has 15 heavy (non-hydrogen) atoms. The molecule has 4 heteroatoms. The summed E-state index contributed by atoms with van der Waals surface area (Å²) in [5.41, 5.74) is 1.22. The highest BCUT2D eigenvalue weighted by atomic mass is 16.5. The lowest BCUT2D eigenvalue weighted by Crippen LogP contribution is -2.23. The molecular weight excluding hydrogens is 190 g/mol. The Morgan fingerprint density at radius 3 is 3.13 bits per heavy atom. The second-order valence-corrected chi connectivity index (χ2v) is 3.55. The van der Waals surface area contributed by atoms with Gasteiger partial charge in [-0.25, -0.2) is 9.97 Å². The van der Waals surface area contributed by atoms with Crippen LogP contribution < -0.4 is 4.74 Å². The van der Waals surface area contributed by atoms with Gasteiger partial charge in [-0.3, -0.25) is 0 Å². The molecule has 0 saturated carbocycles. The van der Waals surface area contributed by atoms with Crippen molar-refractivity contribution in [3.05, 3.63) is 30.9 Å². The van der Waals surface area contributed by atoms with Crippen LogP contribution in [-0.2, 0) is 0 Å². The fourth-order valence-corrected chi connectivity index (χ4v) is 1.68. The molecule has 1 fully saturated rings. The Morgan fingerprint density at radius 1 is 1.53 bits per heavy atom. The van der Waals surface area contributed by atoms with Crippen LogP contribution in [0.25, 0.3) is 0 Å². The zero-order chi connectivity index (χ0) is 10.5. The summed E-state index contributed by atoms with van der Waals surface area (Å²) >= 11 is 0. The summed E-state index contributed by atoms with van der Waals surface area (Å²) in [4.78, 5) is 10.1. The quantitative estimate of drug-likeness (QED) is 0.746. The van der Waals surface area contributed by atoms with E-state index in [9.17, 15) is 0 Å². The number of hydrogen-bond donors (Lipinski definition) is 0. The average Bonchev–Trinajstić information content (AvgIpc) is 2.66. The predicted octanol–water partition coefficient (Wildman–Crippen LogP) is 1.46. The van der Waals surface area contributed by atoms with Gasteiger partial charge in [-0.2, -0.15) is 0 Å². The van der Waals surface area contributed by atoms with Crippen molar-refractivity contribution >= 4 is 0 Å². The van der Waals surface area contributed by atoms with E-state index in [-0.39, 0.29) is 0 Å². The maximum absolute atomic E-state index is 5.48. The molecule has 2 rings (SSSR count). The zero-order valence-corrected chi connectivity index (χ0v) is 8.72. The smallest absolute Gasteiger partial charge is 0.216 e. The summed E-state index contributed by atoms with van der Waals surface area (Å²) in [6, 6.07) is 1.76. The first-order chi connectivity index (χ1) is 7.36. The van der Waals surface area contributed by atoms with Crippen molar-refractivity contribution in [2.45, 2.75) is 12.8 Å². The van der Waals surface area contributed by atoms with Crippen molar-refractivity contribution in [1.82, 2.24) is 14.9 Å². The van der Waals surface area contributed by atoms with Gasteiger partial charge in [0.25, 0.3) is 0 Å². The van der Waals surface area contributed by atoms with Crippen molar-refractivity contribution in [2.75, 3.05) is 19.7 Å². The molecule has 0 spiro atoms. The van der Waals surface area contributed by atoms with Gasteiger partial charge in [0.2, 0.25) is 5.88 Å². The van der Waals surface area contributed by atoms with E-state index in [0.717, 1.165) is 19.5 Å². The molecule has 0 radical (unpaired) electrons. The second kappa shape index (κ2) is 4.77. The predicted molar refractivity (Wildman–Crippen MR) is 57.5 cm³/mol. The van der Waals surface area contributed by atoms with Crippen LogP contribution in [-0.4, -0.2) is 34.6 Å². The Morgan fingerprint density at radius 2 is 2.47 bits per heavy atom. The summed E-state index contributed by atoms with van der Waals surface area (Å²) in [6.45, 7) is 6.65. The largest absolute Gasteiger partial charge is 0.476 e. The Kier molecular flexibility index (Phi) is 3.17. The molecular formula is C11H15N3O. The number of hydrogen-bond acceptors (Lipinski definition) is 4. The molecule has 4 nitrogen and oxygen atoms in total. The first-order valence-corrected chi connectivity index (χ1v) is 5.18. The van der Waals surface area contributed by atoms with Crippen molar-refractivity contribution in [1.29, 1.82) is 0 Å². The fourth-order valence-electron chi connectivity index (χ4n) is 1.68. The van der Waals surface area contributed by atoms with Crippen molar-refractivity contribution < 1.29 is 4.74 Å². The molecule has 0 aliphatic carbocycles. The Balaban J connectivity index is 1.73. The molecule has 1 saturated heterocycles. The van der Waals surface area contributed by atoms with Crippen LogP contribution in [0.3, 0.4) is 0 Å². The zero-order valence-electron chi connectivity index (χ0n) is 8.72. The summed E-state index contributed by atoms with van der Waals surface area (Å²) in [5.74, 6) is 0.634. The Hall–Kier alpha value is -1.58. The minimum atomic E-state index is 0.634. The van der Waals surface area contributed by atoms with Gasteiger partial charge in [-0.05, 0) is 12.8 Å². The van der Waals surface area contributed by atoms with E-state index in [1.807, 2.05) is 0 Å². The van der Waals surface area contributed by atoms with E-state index in [2.05, 4.69) is 21.4 Å².